The summed E-state index contributed by atoms with van der Waals surface area (Å²) in [5.74, 6) is -3.21. The third-order valence-electron chi connectivity index (χ3n) is 4.93. The summed E-state index contributed by atoms with van der Waals surface area (Å²) in [5.41, 5.74) is -0.166. The molecule has 4 nitrogen and oxygen atoms in total. The lowest BCUT2D eigenvalue weighted by molar-refractivity contribution is -0.163. The predicted molar refractivity (Wildman–Crippen MR) is 67.6 cm³/mol. The summed E-state index contributed by atoms with van der Waals surface area (Å²) in [6, 6.07) is 0. The van der Waals surface area contributed by atoms with Gasteiger partial charge in [-0.25, -0.2) is 8.78 Å². The van der Waals surface area contributed by atoms with Gasteiger partial charge in [-0.3, -0.25) is 4.79 Å². The van der Waals surface area contributed by atoms with E-state index in [0.717, 1.165) is 19.3 Å². The molecule has 0 aromatic heterocycles. The number of rotatable bonds is 2. The molecule has 0 aromatic carbocycles. The Kier molecular flexibility index (Phi) is 3.49. The molecule has 2 aliphatic heterocycles. The van der Waals surface area contributed by atoms with Crippen LogP contribution in [0.5, 0.6) is 0 Å². The summed E-state index contributed by atoms with van der Waals surface area (Å²) in [4.78, 5) is 13.8. The Hall–Kier alpha value is -0.750. The number of amides is 1. The van der Waals surface area contributed by atoms with Crippen LogP contribution in [0.1, 0.15) is 32.1 Å². The summed E-state index contributed by atoms with van der Waals surface area (Å²) in [7, 11) is 1.68. The Morgan fingerprint density at radius 2 is 1.90 bits per heavy atom. The normalized spacial score (nSPS) is 32.4. The van der Waals surface area contributed by atoms with Gasteiger partial charge in [0.1, 0.15) is 0 Å². The molecular weight excluding hydrogens is 268 g/mol. The first-order valence-corrected chi connectivity index (χ1v) is 7.26. The lowest BCUT2D eigenvalue weighted by Gasteiger charge is -2.42. The molecule has 1 saturated carbocycles. The third-order valence-corrected chi connectivity index (χ3v) is 4.93. The van der Waals surface area contributed by atoms with E-state index in [1.165, 1.54) is 0 Å². The fourth-order valence-electron chi connectivity index (χ4n) is 3.53. The Balaban J connectivity index is 1.50. The van der Waals surface area contributed by atoms with Gasteiger partial charge in [-0.2, -0.15) is 0 Å². The van der Waals surface area contributed by atoms with Crippen LogP contribution < -0.4 is 0 Å². The number of methoxy groups -OCH3 is 1. The van der Waals surface area contributed by atoms with Crippen LogP contribution in [-0.4, -0.2) is 55.2 Å². The van der Waals surface area contributed by atoms with Crippen molar-refractivity contribution < 1.29 is 23.0 Å². The smallest absolute Gasteiger partial charge is 0.249 e. The van der Waals surface area contributed by atoms with Crippen LogP contribution in [0.2, 0.25) is 0 Å². The zero-order chi connectivity index (χ0) is 14.4. The molecule has 1 spiro atoms. The minimum Gasteiger partial charge on any atom is -0.379 e. The van der Waals surface area contributed by atoms with Gasteiger partial charge in [-0.1, -0.05) is 0 Å². The molecule has 114 valence electrons. The van der Waals surface area contributed by atoms with Gasteiger partial charge in [0.2, 0.25) is 11.8 Å². The summed E-state index contributed by atoms with van der Waals surface area (Å²) >= 11 is 0. The van der Waals surface area contributed by atoms with Crippen LogP contribution in [0.4, 0.5) is 8.78 Å². The summed E-state index contributed by atoms with van der Waals surface area (Å²) < 4.78 is 36.8. The van der Waals surface area contributed by atoms with E-state index >= 15 is 0 Å². The van der Waals surface area contributed by atoms with Crippen LogP contribution in [0.3, 0.4) is 0 Å². The van der Waals surface area contributed by atoms with E-state index in [-0.39, 0.29) is 30.5 Å². The van der Waals surface area contributed by atoms with Crippen LogP contribution in [0.25, 0.3) is 0 Å². The Morgan fingerprint density at radius 3 is 2.40 bits per heavy atom. The van der Waals surface area contributed by atoms with Gasteiger partial charge in [-0.05, 0) is 12.8 Å². The lowest BCUT2D eigenvalue weighted by atomic mass is 9.79. The Morgan fingerprint density at radius 1 is 1.25 bits per heavy atom. The zero-order valence-electron chi connectivity index (χ0n) is 11.7. The summed E-state index contributed by atoms with van der Waals surface area (Å²) in [5, 5.41) is 0. The van der Waals surface area contributed by atoms with Gasteiger partial charge in [0, 0.05) is 45.4 Å². The molecule has 0 N–H and O–H groups in total. The van der Waals surface area contributed by atoms with E-state index in [9.17, 15) is 13.6 Å². The van der Waals surface area contributed by atoms with E-state index in [1.54, 1.807) is 12.0 Å². The minimum atomic E-state index is -2.63. The molecule has 2 heterocycles. The number of carbonyl (C=O) groups is 1. The van der Waals surface area contributed by atoms with Crippen molar-refractivity contribution in [1.82, 2.24) is 4.90 Å². The van der Waals surface area contributed by atoms with Gasteiger partial charge in [0.05, 0.1) is 18.3 Å². The number of hydrogen-bond acceptors (Lipinski definition) is 3. The quantitative estimate of drug-likeness (QED) is 0.778. The second-order valence-corrected chi connectivity index (χ2v) is 6.34. The largest absolute Gasteiger partial charge is 0.379 e. The van der Waals surface area contributed by atoms with Crippen molar-refractivity contribution in [1.29, 1.82) is 0 Å². The molecule has 3 rings (SSSR count). The van der Waals surface area contributed by atoms with Crippen LogP contribution in [0, 0.1) is 5.92 Å². The topological polar surface area (TPSA) is 38.8 Å². The molecule has 6 heteroatoms. The van der Waals surface area contributed by atoms with E-state index in [4.69, 9.17) is 9.47 Å². The van der Waals surface area contributed by atoms with Crippen molar-refractivity contribution in [2.45, 2.75) is 49.7 Å². The number of halogens is 2. The molecule has 3 fully saturated rings. The number of likely N-dealkylation sites (tertiary alicyclic amines) is 1. The first-order chi connectivity index (χ1) is 9.43. The van der Waals surface area contributed by atoms with Gasteiger partial charge in [0.25, 0.3) is 0 Å². The van der Waals surface area contributed by atoms with Gasteiger partial charge >= 0.3 is 0 Å². The molecule has 1 unspecified atom stereocenters. The van der Waals surface area contributed by atoms with Crippen molar-refractivity contribution in [3.8, 4) is 0 Å². The first-order valence-electron chi connectivity index (χ1n) is 7.26. The highest BCUT2D eigenvalue weighted by Crippen LogP contribution is 2.44. The van der Waals surface area contributed by atoms with Crippen molar-refractivity contribution >= 4 is 5.91 Å². The summed E-state index contributed by atoms with van der Waals surface area (Å²) in [6.45, 7) is 1.83. The van der Waals surface area contributed by atoms with Crippen LogP contribution in [-0.2, 0) is 14.3 Å². The minimum absolute atomic E-state index is 0.105. The fourth-order valence-corrected chi connectivity index (χ4v) is 3.53. The average Bonchev–Trinajstić information content (AvgIpc) is 2.79. The van der Waals surface area contributed by atoms with Gasteiger partial charge < -0.3 is 14.4 Å². The van der Waals surface area contributed by atoms with Crippen molar-refractivity contribution in [3.63, 3.8) is 0 Å². The van der Waals surface area contributed by atoms with E-state index in [0.29, 0.717) is 19.7 Å². The van der Waals surface area contributed by atoms with Crippen molar-refractivity contribution in [3.05, 3.63) is 0 Å². The number of hydrogen-bond donors (Lipinski definition) is 0. The highest BCUT2D eigenvalue weighted by Gasteiger charge is 2.51. The highest BCUT2D eigenvalue weighted by atomic mass is 19.3. The number of carbonyl (C=O) groups excluding carboxylic acids is 1. The van der Waals surface area contributed by atoms with Gasteiger partial charge in [-0.15, -0.1) is 0 Å². The first kappa shape index (κ1) is 14.2. The van der Waals surface area contributed by atoms with E-state index in [2.05, 4.69) is 0 Å². The van der Waals surface area contributed by atoms with Crippen molar-refractivity contribution in [2.24, 2.45) is 5.92 Å². The van der Waals surface area contributed by atoms with E-state index in [1.807, 2.05) is 0 Å². The maximum Gasteiger partial charge on any atom is 0.249 e. The maximum atomic E-state index is 12.8. The van der Waals surface area contributed by atoms with Crippen molar-refractivity contribution in [2.75, 3.05) is 26.8 Å². The van der Waals surface area contributed by atoms with Gasteiger partial charge in [0.15, 0.2) is 0 Å². The molecule has 0 bridgehead atoms. The standard InChI is InChI=1S/C14H21F2NO3/c1-19-11-8-13(20-9-11)2-4-17(5-3-13)12(18)10-6-14(15,16)7-10/h10-11H,2-9H2,1H3. The second-order valence-electron chi connectivity index (χ2n) is 6.34. The van der Waals surface area contributed by atoms with Crippen LogP contribution >= 0.6 is 0 Å². The Labute approximate surface area is 117 Å². The molecule has 1 amide bonds. The molecule has 0 radical (unpaired) electrons. The highest BCUT2D eigenvalue weighted by molar-refractivity contribution is 5.80. The lowest BCUT2D eigenvalue weighted by Crippen LogP contribution is -2.52. The average molecular weight is 289 g/mol. The molecular formula is C14H21F2NO3. The molecule has 20 heavy (non-hydrogen) atoms. The third kappa shape index (κ3) is 2.55. The molecule has 1 aliphatic carbocycles. The predicted octanol–water partition coefficient (Wildman–Crippen LogP) is 1.83. The maximum absolute atomic E-state index is 12.8. The molecule has 2 saturated heterocycles. The number of alkyl halides is 2. The Bertz CT molecular complexity index is 386. The SMILES string of the molecule is COC1COC2(CCN(C(=O)C3CC(F)(F)C3)CC2)C1. The monoisotopic (exact) mass is 289 g/mol. The molecule has 3 aliphatic rings. The number of ether oxygens (including phenoxy) is 2. The van der Waals surface area contributed by atoms with E-state index < -0.39 is 11.8 Å². The fraction of sp³-hybridized carbons (Fsp3) is 0.929. The number of piperidine rings is 1. The molecule has 1 atom stereocenters. The summed E-state index contributed by atoms with van der Waals surface area (Å²) in [6.07, 6.45) is 2.00. The number of nitrogens with zero attached hydrogens (tertiary/aromatic N) is 1. The van der Waals surface area contributed by atoms with Crippen LogP contribution in [0.15, 0.2) is 0 Å². The zero-order valence-corrected chi connectivity index (χ0v) is 11.7. The second kappa shape index (κ2) is 4.91. The molecule has 0 aromatic rings.